The van der Waals surface area contributed by atoms with Crippen molar-refractivity contribution in [1.29, 1.82) is 5.41 Å². The van der Waals surface area contributed by atoms with Crippen LogP contribution in [0.15, 0.2) is 18.2 Å². The first-order valence-electron chi connectivity index (χ1n) is 3.12. The number of anilines is 1. The lowest BCUT2D eigenvalue weighted by atomic mass is 10.3. The molecule has 1 aromatic rings. The van der Waals surface area contributed by atoms with Gasteiger partial charge in [0.25, 0.3) is 0 Å². The van der Waals surface area contributed by atoms with Crippen molar-refractivity contribution in [2.24, 2.45) is 0 Å². The minimum absolute atomic E-state index is 0.330. The molecule has 0 spiro atoms. The molecule has 0 aromatic heterocycles. The second-order valence-corrected chi connectivity index (χ2v) is 2.89. The van der Waals surface area contributed by atoms with E-state index in [4.69, 9.17) is 34.3 Å². The highest BCUT2D eigenvalue weighted by Gasteiger charge is 2.03. The predicted molar refractivity (Wildman–Crippen MR) is 50.9 cm³/mol. The van der Waals surface area contributed by atoms with Crippen LogP contribution in [0.5, 0.6) is 0 Å². The number of hydrogen-bond acceptors (Lipinski definition) is 1. The molecule has 12 heavy (non-hydrogen) atoms. The Morgan fingerprint density at radius 3 is 2.58 bits per heavy atom. The van der Waals surface area contributed by atoms with Crippen molar-refractivity contribution < 1.29 is 0 Å². The van der Waals surface area contributed by atoms with Gasteiger partial charge in [-0.05, 0) is 12.1 Å². The van der Waals surface area contributed by atoms with Gasteiger partial charge in [0.1, 0.15) is 0 Å². The molecule has 0 aliphatic rings. The van der Waals surface area contributed by atoms with Crippen LogP contribution in [0.1, 0.15) is 0 Å². The summed E-state index contributed by atoms with van der Waals surface area (Å²) in [5.41, 5.74) is 7.33. The van der Waals surface area contributed by atoms with Gasteiger partial charge in [-0.3, -0.25) is 11.1 Å². The molecule has 3 nitrogen and oxygen atoms in total. The van der Waals surface area contributed by atoms with Crippen molar-refractivity contribution in [2.45, 2.75) is 0 Å². The SMILES string of the molecule is [NH]C(=N)Nc1cccc(Cl)c1Cl. The van der Waals surface area contributed by atoms with Gasteiger partial charge in [0.2, 0.25) is 5.96 Å². The molecule has 0 saturated carbocycles. The van der Waals surface area contributed by atoms with Gasteiger partial charge in [-0.25, -0.2) is 0 Å². The maximum Gasteiger partial charge on any atom is 0.212 e. The Kier molecular flexibility index (Phi) is 2.78. The smallest absolute Gasteiger partial charge is 0.212 e. The molecular formula is C7H6Cl2N3. The number of guanidine groups is 1. The van der Waals surface area contributed by atoms with E-state index in [9.17, 15) is 0 Å². The molecule has 0 unspecified atom stereocenters. The summed E-state index contributed by atoms with van der Waals surface area (Å²) in [7, 11) is 0. The van der Waals surface area contributed by atoms with Crippen LogP contribution in [0.4, 0.5) is 5.69 Å². The molecular weight excluding hydrogens is 197 g/mol. The van der Waals surface area contributed by atoms with Crippen molar-refractivity contribution in [1.82, 2.24) is 5.73 Å². The number of hydrogen-bond donors (Lipinski definition) is 2. The van der Waals surface area contributed by atoms with Gasteiger partial charge in [-0.2, -0.15) is 0 Å². The fraction of sp³-hybridized carbons (Fsp3) is 0. The summed E-state index contributed by atoms with van der Waals surface area (Å²) < 4.78 is 0. The van der Waals surface area contributed by atoms with Gasteiger partial charge in [0.05, 0.1) is 15.7 Å². The average molecular weight is 203 g/mol. The van der Waals surface area contributed by atoms with Crippen molar-refractivity contribution in [3.63, 3.8) is 0 Å². The standard InChI is InChI=1S/C7H6Cl2N3/c8-4-2-1-3-5(6(4)9)12-7(10)11/h1-3,10H,(H2,11,12). The summed E-state index contributed by atoms with van der Waals surface area (Å²) in [5.74, 6) is -0.417. The molecule has 63 valence electrons. The summed E-state index contributed by atoms with van der Waals surface area (Å²) in [6.07, 6.45) is 0. The minimum atomic E-state index is -0.417. The van der Waals surface area contributed by atoms with Crippen molar-refractivity contribution >= 4 is 34.8 Å². The lowest BCUT2D eigenvalue weighted by Gasteiger charge is -2.05. The summed E-state index contributed by atoms with van der Waals surface area (Å²) in [6.45, 7) is 0. The molecule has 1 radical (unpaired) electrons. The van der Waals surface area contributed by atoms with Crippen LogP contribution in [0.25, 0.3) is 0 Å². The van der Waals surface area contributed by atoms with E-state index in [1.54, 1.807) is 18.2 Å². The van der Waals surface area contributed by atoms with Gasteiger partial charge in [-0.1, -0.05) is 29.3 Å². The summed E-state index contributed by atoms with van der Waals surface area (Å²) in [6, 6.07) is 4.99. The summed E-state index contributed by atoms with van der Waals surface area (Å²) in [4.78, 5) is 0. The maximum absolute atomic E-state index is 6.85. The third kappa shape index (κ3) is 2.03. The van der Waals surface area contributed by atoms with Crippen molar-refractivity contribution in [3.05, 3.63) is 28.2 Å². The van der Waals surface area contributed by atoms with Crippen LogP contribution in [0, 0.1) is 5.41 Å². The molecule has 0 atom stereocenters. The minimum Gasteiger partial charge on any atom is -0.324 e. The van der Waals surface area contributed by atoms with Crippen LogP contribution in [-0.2, 0) is 0 Å². The van der Waals surface area contributed by atoms with E-state index in [0.717, 1.165) is 0 Å². The fourth-order valence-corrected chi connectivity index (χ4v) is 1.08. The van der Waals surface area contributed by atoms with E-state index in [2.05, 4.69) is 5.32 Å². The van der Waals surface area contributed by atoms with Crippen LogP contribution < -0.4 is 11.1 Å². The third-order valence-electron chi connectivity index (χ3n) is 1.21. The number of nitrogens with one attached hydrogen (secondary N) is 3. The Hall–Kier alpha value is -0.930. The Morgan fingerprint density at radius 2 is 2.00 bits per heavy atom. The summed E-state index contributed by atoms with van der Waals surface area (Å²) in [5, 5.41) is 10.0. The fourth-order valence-electron chi connectivity index (χ4n) is 0.735. The molecule has 1 rings (SSSR count). The summed E-state index contributed by atoms with van der Waals surface area (Å²) >= 11 is 11.5. The molecule has 0 bridgehead atoms. The van der Waals surface area contributed by atoms with Crippen molar-refractivity contribution in [2.75, 3.05) is 5.32 Å². The first kappa shape index (κ1) is 9.16. The van der Waals surface area contributed by atoms with Crippen LogP contribution >= 0.6 is 23.2 Å². The Morgan fingerprint density at radius 1 is 1.33 bits per heavy atom. The molecule has 3 N–H and O–H groups in total. The van der Waals surface area contributed by atoms with Crippen LogP contribution in [0.2, 0.25) is 10.0 Å². The van der Waals surface area contributed by atoms with Gasteiger partial charge >= 0.3 is 0 Å². The van der Waals surface area contributed by atoms with Crippen molar-refractivity contribution in [3.8, 4) is 0 Å². The molecule has 0 fully saturated rings. The molecule has 0 heterocycles. The molecule has 0 aliphatic heterocycles. The Labute approximate surface area is 80.0 Å². The quantitative estimate of drug-likeness (QED) is 0.534. The van der Waals surface area contributed by atoms with E-state index < -0.39 is 5.96 Å². The van der Waals surface area contributed by atoms with E-state index in [0.29, 0.717) is 15.7 Å². The molecule has 0 aliphatic carbocycles. The normalized spacial score (nSPS) is 9.50. The largest absolute Gasteiger partial charge is 0.324 e. The molecule has 0 amide bonds. The topological polar surface area (TPSA) is 59.7 Å². The second kappa shape index (κ2) is 3.65. The van der Waals surface area contributed by atoms with Gasteiger partial charge in [-0.15, -0.1) is 0 Å². The van der Waals surface area contributed by atoms with E-state index >= 15 is 0 Å². The van der Waals surface area contributed by atoms with Crippen LogP contribution in [-0.4, -0.2) is 5.96 Å². The monoisotopic (exact) mass is 202 g/mol. The highest BCUT2D eigenvalue weighted by molar-refractivity contribution is 6.43. The van der Waals surface area contributed by atoms with Gasteiger partial charge in [0.15, 0.2) is 0 Å². The molecule has 1 aromatic carbocycles. The molecule has 5 heteroatoms. The van der Waals surface area contributed by atoms with Crippen LogP contribution in [0.3, 0.4) is 0 Å². The first-order valence-corrected chi connectivity index (χ1v) is 3.88. The average Bonchev–Trinajstić information content (AvgIpc) is 1.98. The second-order valence-electron chi connectivity index (χ2n) is 2.10. The van der Waals surface area contributed by atoms with Gasteiger partial charge in [0, 0.05) is 0 Å². The number of halogens is 2. The number of rotatable bonds is 1. The van der Waals surface area contributed by atoms with Gasteiger partial charge < -0.3 is 5.32 Å². The van der Waals surface area contributed by atoms with E-state index in [-0.39, 0.29) is 0 Å². The lowest BCUT2D eigenvalue weighted by Crippen LogP contribution is -2.10. The zero-order valence-electron chi connectivity index (χ0n) is 5.99. The lowest BCUT2D eigenvalue weighted by molar-refractivity contribution is 1.38. The number of benzene rings is 1. The highest BCUT2D eigenvalue weighted by atomic mass is 35.5. The maximum atomic E-state index is 6.85. The van der Waals surface area contributed by atoms with E-state index in [1.165, 1.54) is 0 Å². The zero-order valence-corrected chi connectivity index (χ0v) is 7.50. The predicted octanol–water partition coefficient (Wildman–Crippen LogP) is 2.62. The van der Waals surface area contributed by atoms with E-state index in [1.807, 2.05) is 0 Å². The zero-order chi connectivity index (χ0) is 9.14. The Balaban J connectivity index is 3.00. The molecule has 0 saturated heterocycles. The first-order chi connectivity index (χ1) is 5.61. The third-order valence-corrected chi connectivity index (χ3v) is 2.03. The highest BCUT2D eigenvalue weighted by Crippen LogP contribution is 2.29. The Bertz CT molecular complexity index is 312.